The van der Waals surface area contributed by atoms with Crippen LogP contribution in [-0.2, 0) is 6.54 Å². The first kappa shape index (κ1) is 14.9. The van der Waals surface area contributed by atoms with Crippen molar-refractivity contribution in [2.45, 2.75) is 26.4 Å². The average Bonchev–Trinajstić information content (AvgIpc) is 2.34. The van der Waals surface area contributed by atoms with E-state index < -0.39 is 11.6 Å². The molecule has 0 bridgehead atoms. The van der Waals surface area contributed by atoms with Gasteiger partial charge in [-0.15, -0.1) is 0 Å². The topological polar surface area (TPSA) is 35.5 Å². The van der Waals surface area contributed by atoms with Crippen LogP contribution in [0.15, 0.2) is 12.1 Å². The summed E-state index contributed by atoms with van der Waals surface area (Å²) in [5, 5.41) is 12.0. The van der Waals surface area contributed by atoms with Crippen molar-refractivity contribution in [1.82, 2.24) is 5.32 Å². The van der Waals surface area contributed by atoms with Gasteiger partial charge in [0.05, 0.1) is 6.61 Å². The molecule has 5 heteroatoms. The zero-order valence-corrected chi connectivity index (χ0v) is 11.0. The lowest BCUT2D eigenvalue weighted by Crippen LogP contribution is -2.33. The zero-order chi connectivity index (χ0) is 13.7. The molecule has 18 heavy (non-hydrogen) atoms. The van der Waals surface area contributed by atoms with Gasteiger partial charge in [0, 0.05) is 19.6 Å². The fraction of sp³-hybridized carbons (Fsp3) is 0.538. The molecule has 1 rings (SSSR count). The monoisotopic (exact) mass is 258 g/mol. The molecule has 0 saturated heterocycles. The van der Waals surface area contributed by atoms with E-state index in [0.29, 0.717) is 12.1 Å². The Labute approximate surface area is 106 Å². The molecule has 0 aliphatic heterocycles. The number of hydrogen-bond acceptors (Lipinski definition) is 3. The van der Waals surface area contributed by atoms with Crippen molar-refractivity contribution in [2.24, 2.45) is 0 Å². The summed E-state index contributed by atoms with van der Waals surface area (Å²) in [6.45, 7) is 4.65. The summed E-state index contributed by atoms with van der Waals surface area (Å²) in [5.74, 6) is -1.21. The molecule has 1 unspecified atom stereocenters. The van der Waals surface area contributed by atoms with Crippen LogP contribution in [0.2, 0.25) is 0 Å². The van der Waals surface area contributed by atoms with E-state index in [1.165, 1.54) is 17.0 Å². The van der Waals surface area contributed by atoms with Crippen molar-refractivity contribution in [3.63, 3.8) is 0 Å². The Morgan fingerprint density at radius 3 is 2.33 bits per heavy atom. The number of aliphatic hydroxyl groups is 1. The maximum atomic E-state index is 13.9. The molecule has 1 aromatic rings. The molecule has 0 heterocycles. The van der Waals surface area contributed by atoms with Gasteiger partial charge >= 0.3 is 0 Å². The van der Waals surface area contributed by atoms with E-state index in [-0.39, 0.29) is 18.3 Å². The molecule has 2 N–H and O–H groups in total. The molecule has 0 amide bonds. The minimum Gasteiger partial charge on any atom is -0.394 e. The number of likely N-dealkylation sites (N-methyl/N-ethyl adjacent to an activating group) is 1. The molecule has 0 spiro atoms. The predicted molar refractivity (Wildman–Crippen MR) is 68.7 cm³/mol. The highest BCUT2D eigenvalue weighted by Gasteiger charge is 2.18. The van der Waals surface area contributed by atoms with Crippen molar-refractivity contribution in [2.75, 3.05) is 25.1 Å². The summed E-state index contributed by atoms with van der Waals surface area (Å²) < 4.78 is 27.8. The van der Waals surface area contributed by atoms with E-state index in [0.717, 1.165) is 6.54 Å². The molecule has 0 aliphatic carbocycles. The Hall–Kier alpha value is -1.20. The normalized spacial score (nSPS) is 12.6. The number of aliphatic hydroxyl groups excluding tert-OH is 1. The van der Waals surface area contributed by atoms with Gasteiger partial charge in [-0.05, 0) is 31.2 Å². The number of benzene rings is 1. The van der Waals surface area contributed by atoms with Crippen molar-refractivity contribution in [3.8, 4) is 0 Å². The predicted octanol–water partition coefficient (Wildman–Crippen LogP) is 1.89. The van der Waals surface area contributed by atoms with Crippen LogP contribution < -0.4 is 10.2 Å². The maximum absolute atomic E-state index is 13.9. The van der Waals surface area contributed by atoms with Crippen molar-refractivity contribution < 1.29 is 13.9 Å². The highest BCUT2D eigenvalue weighted by atomic mass is 19.1. The Bertz CT molecular complexity index is 376. The largest absolute Gasteiger partial charge is 0.394 e. The second-order valence-corrected chi connectivity index (χ2v) is 4.33. The van der Waals surface area contributed by atoms with Gasteiger partial charge in [0.1, 0.15) is 17.3 Å². The molecule has 102 valence electrons. The quantitative estimate of drug-likeness (QED) is 0.818. The van der Waals surface area contributed by atoms with E-state index >= 15 is 0 Å². The van der Waals surface area contributed by atoms with E-state index in [1.807, 2.05) is 6.92 Å². The Balaban J connectivity index is 3.00. The van der Waals surface area contributed by atoms with Crippen molar-refractivity contribution >= 4 is 5.69 Å². The van der Waals surface area contributed by atoms with Crippen molar-refractivity contribution in [3.05, 3.63) is 29.3 Å². The molecule has 0 aliphatic rings. The molecule has 3 nitrogen and oxygen atoms in total. The van der Waals surface area contributed by atoms with Gasteiger partial charge < -0.3 is 15.3 Å². The van der Waals surface area contributed by atoms with Crippen molar-refractivity contribution in [1.29, 1.82) is 0 Å². The van der Waals surface area contributed by atoms with Crippen LogP contribution in [0.5, 0.6) is 0 Å². The fourth-order valence-corrected chi connectivity index (χ4v) is 1.67. The van der Waals surface area contributed by atoms with Crippen LogP contribution in [0.1, 0.15) is 19.4 Å². The Morgan fingerprint density at radius 1 is 1.33 bits per heavy atom. The van der Waals surface area contributed by atoms with Gasteiger partial charge in [-0.1, -0.05) is 6.92 Å². The third-order valence-electron chi connectivity index (χ3n) is 2.93. The van der Waals surface area contributed by atoms with Gasteiger partial charge in [-0.25, -0.2) is 8.78 Å². The Kier molecular flexibility index (Phi) is 5.50. The lowest BCUT2D eigenvalue weighted by molar-refractivity contribution is 0.269. The smallest absolute Gasteiger partial charge is 0.149 e. The van der Waals surface area contributed by atoms with Crippen LogP contribution in [0.4, 0.5) is 14.5 Å². The lowest BCUT2D eigenvalue weighted by atomic mass is 10.1. The molecule has 0 radical (unpaired) electrons. The summed E-state index contributed by atoms with van der Waals surface area (Å²) in [4.78, 5) is 1.40. The number of anilines is 1. The van der Waals surface area contributed by atoms with E-state index in [4.69, 9.17) is 5.11 Å². The number of rotatable bonds is 6. The first-order valence-corrected chi connectivity index (χ1v) is 6.03. The van der Waals surface area contributed by atoms with E-state index in [9.17, 15) is 8.78 Å². The first-order chi connectivity index (χ1) is 8.51. The summed E-state index contributed by atoms with van der Waals surface area (Å²) in [7, 11) is 1.56. The van der Waals surface area contributed by atoms with Gasteiger partial charge in [-0.2, -0.15) is 0 Å². The highest BCUT2D eigenvalue weighted by molar-refractivity contribution is 5.50. The first-order valence-electron chi connectivity index (χ1n) is 6.03. The summed E-state index contributed by atoms with van der Waals surface area (Å²) >= 11 is 0. The summed E-state index contributed by atoms with van der Waals surface area (Å²) in [5.41, 5.74) is 0.470. The molecule has 0 fully saturated rings. The molecular formula is C13H20F2N2O. The molecule has 1 aromatic carbocycles. The number of nitrogens with one attached hydrogen (secondary N) is 1. The van der Waals surface area contributed by atoms with Gasteiger partial charge in [-0.3, -0.25) is 0 Å². The fourth-order valence-electron chi connectivity index (χ4n) is 1.67. The Morgan fingerprint density at radius 2 is 1.89 bits per heavy atom. The maximum Gasteiger partial charge on any atom is 0.149 e. The van der Waals surface area contributed by atoms with Crippen LogP contribution in [0.3, 0.4) is 0 Å². The van der Waals surface area contributed by atoms with Crippen LogP contribution in [-0.4, -0.2) is 31.3 Å². The standard InChI is InChI=1S/C13H20F2N2O/c1-4-16-7-10-5-11(14)13(12(15)6-10)17(3)9(2)8-18/h5-6,9,16,18H,4,7-8H2,1-3H3. The second kappa shape index (κ2) is 6.66. The number of nitrogens with zero attached hydrogens (tertiary/aromatic N) is 1. The molecule has 0 aromatic heterocycles. The SMILES string of the molecule is CCNCc1cc(F)c(N(C)C(C)CO)c(F)c1. The molecule has 0 saturated carbocycles. The third-order valence-corrected chi connectivity index (χ3v) is 2.93. The number of halogens is 2. The molecular weight excluding hydrogens is 238 g/mol. The minimum atomic E-state index is -0.606. The van der Waals surface area contributed by atoms with Gasteiger partial charge in [0.15, 0.2) is 0 Å². The van der Waals surface area contributed by atoms with Crippen LogP contribution >= 0.6 is 0 Å². The minimum absolute atomic E-state index is 0.100. The third kappa shape index (κ3) is 3.40. The van der Waals surface area contributed by atoms with E-state index in [2.05, 4.69) is 5.32 Å². The lowest BCUT2D eigenvalue weighted by Gasteiger charge is -2.26. The van der Waals surface area contributed by atoms with Crippen LogP contribution in [0, 0.1) is 11.6 Å². The summed E-state index contributed by atoms with van der Waals surface area (Å²) in [6.07, 6.45) is 0. The van der Waals surface area contributed by atoms with Crippen LogP contribution in [0.25, 0.3) is 0 Å². The summed E-state index contributed by atoms with van der Waals surface area (Å²) in [6, 6.07) is 2.30. The number of hydrogen-bond donors (Lipinski definition) is 2. The second-order valence-electron chi connectivity index (χ2n) is 4.33. The van der Waals surface area contributed by atoms with Gasteiger partial charge in [0.2, 0.25) is 0 Å². The van der Waals surface area contributed by atoms with E-state index in [1.54, 1.807) is 14.0 Å². The molecule has 1 atom stereocenters. The van der Waals surface area contributed by atoms with Gasteiger partial charge in [0.25, 0.3) is 0 Å². The average molecular weight is 258 g/mol. The zero-order valence-electron chi connectivity index (χ0n) is 11.0. The highest BCUT2D eigenvalue weighted by Crippen LogP contribution is 2.25.